The van der Waals surface area contributed by atoms with Crippen molar-refractivity contribution in [3.05, 3.63) is 46.1 Å². The van der Waals surface area contributed by atoms with Crippen LogP contribution in [0.3, 0.4) is 0 Å². The first-order chi connectivity index (χ1) is 7.59. The second-order valence-corrected chi connectivity index (χ2v) is 4.28. The second kappa shape index (κ2) is 4.14. The Hall–Kier alpha value is -1.55. The number of carboxylic acid groups (broad SMARTS) is 1. The largest absolute Gasteiger partial charge is 0.478 e. The summed E-state index contributed by atoms with van der Waals surface area (Å²) >= 11 is 3.40. The van der Waals surface area contributed by atoms with Gasteiger partial charge in [-0.25, -0.2) is 4.79 Å². The monoisotopic (exact) mass is 280 g/mol. The summed E-state index contributed by atoms with van der Waals surface area (Å²) in [4.78, 5) is 11.0. The predicted molar refractivity (Wildman–Crippen MR) is 63.5 cm³/mol. The Morgan fingerprint density at radius 3 is 2.75 bits per heavy atom. The van der Waals surface area contributed by atoms with E-state index in [2.05, 4.69) is 15.9 Å². The zero-order chi connectivity index (χ0) is 11.7. The van der Waals surface area contributed by atoms with Crippen LogP contribution in [0, 0.1) is 6.92 Å². The van der Waals surface area contributed by atoms with Crippen molar-refractivity contribution in [2.45, 2.75) is 6.92 Å². The van der Waals surface area contributed by atoms with Crippen molar-refractivity contribution in [2.24, 2.45) is 0 Å². The van der Waals surface area contributed by atoms with E-state index in [1.807, 2.05) is 0 Å². The number of carboxylic acids is 1. The molecule has 0 spiro atoms. The molecule has 0 bridgehead atoms. The fraction of sp³-hybridized carbons (Fsp3) is 0.0833. The highest BCUT2D eigenvalue weighted by molar-refractivity contribution is 9.10. The van der Waals surface area contributed by atoms with Crippen LogP contribution >= 0.6 is 15.9 Å². The van der Waals surface area contributed by atoms with Crippen LogP contribution in [0.4, 0.5) is 0 Å². The van der Waals surface area contributed by atoms with Crippen molar-refractivity contribution in [3.63, 3.8) is 0 Å². The summed E-state index contributed by atoms with van der Waals surface area (Å²) in [6.45, 7) is 1.76. The Kier molecular flexibility index (Phi) is 2.83. The van der Waals surface area contributed by atoms with E-state index in [1.54, 1.807) is 37.5 Å². The third-order valence-corrected chi connectivity index (χ3v) is 2.99. The average molecular weight is 281 g/mol. The Labute approximate surface area is 101 Å². The molecule has 0 saturated heterocycles. The molecule has 2 aromatic rings. The van der Waals surface area contributed by atoms with Crippen LogP contribution in [0.25, 0.3) is 11.3 Å². The molecule has 4 heteroatoms. The molecule has 0 aliphatic heterocycles. The van der Waals surface area contributed by atoms with Gasteiger partial charge in [0.1, 0.15) is 5.76 Å². The van der Waals surface area contributed by atoms with Gasteiger partial charge in [0.25, 0.3) is 0 Å². The van der Waals surface area contributed by atoms with Crippen LogP contribution in [0.1, 0.15) is 15.9 Å². The molecule has 0 saturated carbocycles. The predicted octanol–water partition coefficient (Wildman–Crippen LogP) is 3.72. The fourth-order valence-corrected chi connectivity index (χ4v) is 2.18. The van der Waals surface area contributed by atoms with E-state index in [9.17, 15) is 4.79 Å². The first-order valence-electron chi connectivity index (χ1n) is 4.67. The molecule has 0 aliphatic carbocycles. The van der Waals surface area contributed by atoms with Crippen LogP contribution in [0.5, 0.6) is 0 Å². The molecule has 0 atom stereocenters. The SMILES string of the molecule is Cc1cc(Br)c(-c2ccco2)cc1C(=O)O. The first-order valence-corrected chi connectivity index (χ1v) is 5.46. The van der Waals surface area contributed by atoms with E-state index >= 15 is 0 Å². The van der Waals surface area contributed by atoms with Gasteiger partial charge in [0.05, 0.1) is 11.8 Å². The number of halogens is 1. The highest BCUT2D eigenvalue weighted by Crippen LogP contribution is 2.31. The number of carbonyl (C=O) groups is 1. The quantitative estimate of drug-likeness (QED) is 0.912. The van der Waals surface area contributed by atoms with Crippen LogP contribution < -0.4 is 0 Å². The molecule has 0 unspecified atom stereocenters. The van der Waals surface area contributed by atoms with Crippen molar-refractivity contribution in [1.29, 1.82) is 0 Å². The molecule has 1 aromatic carbocycles. The molecule has 1 heterocycles. The van der Waals surface area contributed by atoms with Gasteiger partial charge in [-0.1, -0.05) is 15.9 Å². The lowest BCUT2D eigenvalue weighted by Gasteiger charge is -2.06. The van der Waals surface area contributed by atoms with Gasteiger partial charge in [0.2, 0.25) is 0 Å². The molecule has 1 N–H and O–H groups in total. The summed E-state index contributed by atoms with van der Waals surface area (Å²) in [5, 5.41) is 9.03. The van der Waals surface area contributed by atoms with Crippen LogP contribution in [0.2, 0.25) is 0 Å². The van der Waals surface area contributed by atoms with Gasteiger partial charge in [-0.15, -0.1) is 0 Å². The van der Waals surface area contributed by atoms with E-state index in [0.29, 0.717) is 5.76 Å². The maximum Gasteiger partial charge on any atom is 0.335 e. The maximum absolute atomic E-state index is 11.0. The number of hydrogen-bond donors (Lipinski definition) is 1. The van der Waals surface area contributed by atoms with E-state index in [1.165, 1.54) is 0 Å². The second-order valence-electron chi connectivity index (χ2n) is 3.43. The average Bonchev–Trinajstić information content (AvgIpc) is 2.70. The number of benzene rings is 1. The molecule has 82 valence electrons. The van der Waals surface area contributed by atoms with E-state index in [0.717, 1.165) is 15.6 Å². The third-order valence-electron chi connectivity index (χ3n) is 2.33. The molecule has 0 radical (unpaired) electrons. The minimum absolute atomic E-state index is 0.287. The van der Waals surface area contributed by atoms with Crippen molar-refractivity contribution >= 4 is 21.9 Å². The molecule has 2 rings (SSSR count). The summed E-state index contributed by atoms with van der Waals surface area (Å²) in [6.07, 6.45) is 1.56. The molecular weight excluding hydrogens is 272 g/mol. The normalized spacial score (nSPS) is 10.4. The summed E-state index contributed by atoms with van der Waals surface area (Å²) in [6, 6.07) is 6.95. The van der Waals surface area contributed by atoms with E-state index in [4.69, 9.17) is 9.52 Å². The highest BCUT2D eigenvalue weighted by atomic mass is 79.9. The van der Waals surface area contributed by atoms with Crippen LogP contribution in [-0.4, -0.2) is 11.1 Å². The fourth-order valence-electron chi connectivity index (χ4n) is 1.52. The third kappa shape index (κ3) is 1.88. The highest BCUT2D eigenvalue weighted by Gasteiger charge is 2.13. The summed E-state index contributed by atoms with van der Waals surface area (Å²) < 4.78 is 6.08. The van der Waals surface area contributed by atoms with Gasteiger partial charge >= 0.3 is 5.97 Å². The molecule has 0 amide bonds. The van der Waals surface area contributed by atoms with Gasteiger partial charge in [-0.2, -0.15) is 0 Å². The Bertz CT molecular complexity index is 529. The van der Waals surface area contributed by atoms with Gasteiger partial charge < -0.3 is 9.52 Å². The molecule has 16 heavy (non-hydrogen) atoms. The number of rotatable bonds is 2. The minimum Gasteiger partial charge on any atom is -0.478 e. The van der Waals surface area contributed by atoms with Crippen molar-refractivity contribution in [1.82, 2.24) is 0 Å². The lowest BCUT2D eigenvalue weighted by Crippen LogP contribution is -2.00. The zero-order valence-corrected chi connectivity index (χ0v) is 10.1. The maximum atomic E-state index is 11.0. The molecular formula is C12H9BrO3. The van der Waals surface area contributed by atoms with E-state index < -0.39 is 5.97 Å². The lowest BCUT2D eigenvalue weighted by atomic mass is 10.0. The van der Waals surface area contributed by atoms with Crippen molar-refractivity contribution in [3.8, 4) is 11.3 Å². The van der Waals surface area contributed by atoms with Crippen molar-refractivity contribution < 1.29 is 14.3 Å². The Balaban J connectivity index is 2.63. The van der Waals surface area contributed by atoms with Crippen molar-refractivity contribution in [2.75, 3.05) is 0 Å². The molecule has 1 aromatic heterocycles. The van der Waals surface area contributed by atoms with Gasteiger partial charge in [0.15, 0.2) is 0 Å². The number of aryl methyl sites for hydroxylation is 1. The lowest BCUT2D eigenvalue weighted by molar-refractivity contribution is 0.0696. The minimum atomic E-state index is -0.933. The number of aromatic carboxylic acids is 1. The molecule has 0 aliphatic rings. The first kappa shape index (κ1) is 11.0. The topological polar surface area (TPSA) is 50.4 Å². The summed E-state index contributed by atoms with van der Waals surface area (Å²) in [7, 11) is 0. The Morgan fingerprint density at radius 1 is 1.44 bits per heavy atom. The smallest absolute Gasteiger partial charge is 0.335 e. The number of hydrogen-bond acceptors (Lipinski definition) is 2. The van der Waals surface area contributed by atoms with Gasteiger partial charge in [0, 0.05) is 10.0 Å². The van der Waals surface area contributed by atoms with Crippen LogP contribution in [0.15, 0.2) is 39.4 Å². The molecule has 3 nitrogen and oxygen atoms in total. The number of furan rings is 1. The molecule has 0 fully saturated rings. The Morgan fingerprint density at radius 2 is 2.19 bits per heavy atom. The standard InChI is InChI=1S/C12H9BrO3/c1-7-5-10(13)9(6-8(7)12(14)15)11-3-2-4-16-11/h2-6H,1H3,(H,14,15). The summed E-state index contributed by atoms with van der Waals surface area (Å²) in [5.74, 6) is -0.285. The van der Waals surface area contributed by atoms with Gasteiger partial charge in [-0.05, 0) is 36.8 Å². The zero-order valence-electron chi connectivity index (χ0n) is 8.53. The summed E-state index contributed by atoms with van der Waals surface area (Å²) in [5.41, 5.74) is 1.75. The van der Waals surface area contributed by atoms with E-state index in [-0.39, 0.29) is 5.56 Å². The van der Waals surface area contributed by atoms with Crippen LogP contribution in [-0.2, 0) is 0 Å². The van der Waals surface area contributed by atoms with Gasteiger partial charge in [-0.3, -0.25) is 0 Å².